The molecule has 0 bridgehead atoms. The van der Waals surface area contributed by atoms with Crippen molar-refractivity contribution in [3.8, 4) is 0 Å². The molecule has 2 N–H and O–H groups in total. The van der Waals surface area contributed by atoms with Crippen LogP contribution in [-0.4, -0.2) is 48.9 Å². The molecule has 2 atom stereocenters. The lowest BCUT2D eigenvalue weighted by Crippen LogP contribution is -2.46. The van der Waals surface area contributed by atoms with Crippen molar-refractivity contribution < 1.29 is 9.59 Å². The predicted octanol–water partition coefficient (Wildman–Crippen LogP) is 0.112. The number of hydrogen-bond acceptors (Lipinski definition) is 3. The second kappa shape index (κ2) is 6.59. The normalized spacial score (nSPS) is 21.4. The van der Waals surface area contributed by atoms with Crippen molar-refractivity contribution in [2.45, 2.75) is 45.2 Å². The van der Waals surface area contributed by atoms with E-state index in [4.69, 9.17) is 0 Å². The molecule has 1 rings (SSSR count). The van der Waals surface area contributed by atoms with Crippen LogP contribution in [0.25, 0.3) is 0 Å². The van der Waals surface area contributed by atoms with E-state index in [2.05, 4.69) is 10.6 Å². The third-order valence-corrected chi connectivity index (χ3v) is 3.16. The van der Waals surface area contributed by atoms with Crippen molar-refractivity contribution in [1.82, 2.24) is 15.5 Å². The number of nitrogens with one attached hydrogen (secondary N) is 2. The van der Waals surface area contributed by atoms with Gasteiger partial charge in [-0.3, -0.25) is 9.59 Å². The lowest BCUT2D eigenvalue weighted by atomic mass is 10.1. The van der Waals surface area contributed by atoms with E-state index in [1.165, 1.54) is 0 Å². The van der Waals surface area contributed by atoms with Crippen LogP contribution in [0.5, 0.6) is 0 Å². The number of rotatable bonds is 5. The Morgan fingerprint density at radius 3 is 2.76 bits per heavy atom. The molecular formula is C12H23N3O2. The molecule has 2 unspecified atom stereocenters. The van der Waals surface area contributed by atoms with Crippen molar-refractivity contribution in [3.63, 3.8) is 0 Å². The minimum atomic E-state index is -0.263. The monoisotopic (exact) mass is 241 g/mol. The number of carbonyl (C=O) groups excluding carboxylic acids is 2. The average Bonchev–Trinajstić information content (AvgIpc) is 2.77. The molecule has 1 aliphatic rings. The highest BCUT2D eigenvalue weighted by Crippen LogP contribution is 2.18. The van der Waals surface area contributed by atoms with Crippen LogP contribution in [0.15, 0.2) is 0 Å². The van der Waals surface area contributed by atoms with Gasteiger partial charge in [-0.05, 0) is 26.3 Å². The smallest absolute Gasteiger partial charge is 0.242 e. The molecule has 5 heteroatoms. The van der Waals surface area contributed by atoms with Gasteiger partial charge in [-0.1, -0.05) is 6.92 Å². The molecule has 17 heavy (non-hydrogen) atoms. The Hall–Kier alpha value is -1.10. The molecule has 0 spiro atoms. The van der Waals surface area contributed by atoms with Gasteiger partial charge in [0.25, 0.3) is 0 Å². The van der Waals surface area contributed by atoms with Gasteiger partial charge in [0.1, 0.15) is 6.04 Å². The van der Waals surface area contributed by atoms with E-state index in [1.807, 2.05) is 13.8 Å². The first kappa shape index (κ1) is 14.0. The maximum Gasteiger partial charge on any atom is 0.242 e. The van der Waals surface area contributed by atoms with E-state index in [-0.39, 0.29) is 23.9 Å². The fraction of sp³-hybridized carbons (Fsp3) is 0.833. The third-order valence-electron chi connectivity index (χ3n) is 3.16. The van der Waals surface area contributed by atoms with Gasteiger partial charge in [0.15, 0.2) is 0 Å². The Morgan fingerprint density at radius 2 is 2.18 bits per heavy atom. The molecule has 1 fully saturated rings. The fourth-order valence-corrected chi connectivity index (χ4v) is 2.30. The summed E-state index contributed by atoms with van der Waals surface area (Å²) < 4.78 is 0. The summed E-state index contributed by atoms with van der Waals surface area (Å²) in [6.45, 7) is 5.57. The van der Waals surface area contributed by atoms with Crippen molar-refractivity contribution in [2.75, 3.05) is 20.1 Å². The lowest BCUT2D eigenvalue weighted by molar-refractivity contribution is -0.138. The molecule has 98 valence electrons. The maximum absolute atomic E-state index is 12.1. The van der Waals surface area contributed by atoms with Gasteiger partial charge >= 0.3 is 0 Å². The summed E-state index contributed by atoms with van der Waals surface area (Å²) in [5.41, 5.74) is 0. The van der Waals surface area contributed by atoms with Crippen LogP contribution in [0.3, 0.4) is 0 Å². The van der Waals surface area contributed by atoms with Gasteiger partial charge in [-0.2, -0.15) is 0 Å². The highest BCUT2D eigenvalue weighted by atomic mass is 16.2. The molecule has 0 radical (unpaired) electrons. The Balaban J connectivity index is 2.53. The van der Waals surface area contributed by atoms with Crippen LogP contribution in [0.2, 0.25) is 0 Å². The summed E-state index contributed by atoms with van der Waals surface area (Å²) in [7, 11) is 1.62. The first-order chi connectivity index (χ1) is 8.10. The largest absolute Gasteiger partial charge is 0.357 e. The van der Waals surface area contributed by atoms with E-state index in [1.54, 1.807) is 11.9 Å². The zero-order chi connectivity index (χ0) is 12.8. The second-order valence-corrected chi connectivity index (χ2v) is 4.52. The van der Waals surface area contributed by atoms with Crippen molar-refractivity contribution in [3.05, 3.63) is 0 Å². The molecular weight excluding hydrogens is 218 g/mol. The van der Waals surface area contributed by atoms with Gasteiger partial charge < -0.3 is 15.5 Å². The summed E-state index contributed by atoms with van der Waals surface area (Å²) in [6, 6.07) is -0.0974. The van der Waals surface area contributed by atoms with E-state index in [0.717, 1.165) is 19.4 Å². The lowest BCUT2D eigenvalue weighted by Gasteiger charge is -2.25. The first-order valence-corrected chi connectivity index (χ1v) is 6.34. The number of hydrogen-bond donors (Lipinski definition) is 2. The molecule has 1 aliphatic heterocycles. The molecule has 5 nitrogen and oxygen atoms in total. The van der Waals surface area contributed by atoms with E-state index < -0.39 is 0 Å². The first-order valence-electron chi connectivity index (χ1n) is 6.34. The molecule has 0 aliphatic carbocycles. The quantitative estimate of drug-likeness (QED) is 0.718. The minimum absolute atomic E-state index is 0.0491. The van der Waals surface area contributed by atoms with Gasteiger partial charge in [0, 0.05) is 26.1 Å². The minimum Gasteiger partial charge on any atom is -0.357 e. The SMILES string of the molecule is CCNC(C)CC(=O)N1CCCC1C(=O)NC. The van der Waals surface area contributed by atoms with Crippen molar-refractivity contribution >= 4 is 11.8 Å². The van der Waals surface area contributed by atoms with Gasteiger partial charge in [0.2, 0.25) is 11.8 Å². The van der Waals surface area contributed by atoms with E-state index in [9.17, 15) is 9.59 Å². The van der Waals surface area contributed by atoms with Crippen LogP contribution in [0.1, 0.15) is 33.1 Å². The fourth-order valence-electron chi connectivity index (χ4n) is 2.30. The molecule has 0 aromatic carbocycles. The van der Waals surface area contributed by atoms with Crippen LogP contribution in [-0.2, 0) is 9.59 Å². The highest BCUT2D eigenvalue weighted by molar-refractivity contribution is 5.88. The van der Waals surface area contributed by atoms with Crippen LogP contribution < -0.4 is 10.6 Å². The Kier molecular flexibility index (Phi) is 5.41. The Morgan fingerprint density at radius 1 is 1.47 bits per heavy atom. The molecule has 0 saturated carbocycles. The summed E-state index contributed by atoms with van der Waals surface area (Å²) in [4.78, 5) is 25.4. The van der Waals surface area contributed by atoms with Crippen LogP contribution in [0, 0.1) is 0 Å². The number of nitrogens with zero attached hydrogens (tertiary/aromatic N) is 1. The number of likely N-dealkylation sites (tertiary alicyclic amines) is 1. The standard InChI is InChI=1S/C12H23N3O2/c1-4-14-9(2)8-11(16)15-7-5-6-10(15)12(17)13-3/h9-10,14H,4-8H2,1-3H3,(H,13,17). The summed E-state index contributed by atoms with van der Waals surface area (Å²) in [6.07, 6.45) is 2.15. The van der Waals surface area contributed by atoms with E-state index in [0.29, 0.717) is 13.0 Å². The molecule has 2 amide bonds. The predicted molar refractivity (Wildman–Crippen MR) is 66.6 cm³/mol. The number of likely N-dealkylation sites (N-methyl/N-ethyl adjacent to an activating group) is 1. The topological polar surface area (TPSA) is 61.4 Å². The second-order valence-electron chi connectivity index (χ2n) is 4.52. The third kappa shape index (κ3) is 3.70. The molecule has 1 heterocycles. The summed E-state index contributed by atoms with van der Waals surface area (Å²) >= 11 is 0. The Bertz CT molecular complexity index is 281. The average molecular weight is 241 g/mol. The Labute approximate surface area is 103 Å². The van der Waals surface area contributed by atoms with Gasteiger partial charge in [-0.15, -0.1) is 0 Å². The molecule has 0 aromatic rings. The maximum atomic E-state index is 12.1. The number of carbonyl (C=O) groups is 2. The zero-order valence-corrected chi connectivity index (χ0v) is 11.0. The van der Waals surface area contributed by atoms with Crippen LogP contribution >= 0.6 is 0 Å². The number of amides is 2. The zero-order valence-electron chi connectivity index (χ0n) is 11.0. The van der Waals surface area contributed by atoms with Gasteiger partial charge in [0.05, 0.1) is 0 Å². The molecule has 1 saturated heterocycles. The van der Waals surface area contributed by atoms with E-state index >= 15 is 0 Å². The van der Waals surface area contributed by atoms with Crippen LogP contribution in [0.4, 0.5) is 0 Å². The molecule has 0 aromatic heterocycles. The van der Waals surface area contributed by atoms with Gasteiger partial charge in [-0.25, -0.2) is 0 Å². The summed E-state index contributed by atoms with van der Waals surface area (Å²) in [5, 5.41) is 5.83. The highest BCUT2D eigenvalue weighted by Gasteiger charge is 2.33. The van der Waals surface area contributed by atoms with Crippen molar-refractivity contribution in [2.24, 2.45) is 0 Å². The summed E-state index contributed by atoms with van der Waals surface area (Å²) in [5.74, 6) is 0.0245. The van der Waals surface area contributed by atoms with Crippen molar-refractivity contribution in [1.29, 1.82) is 0 Å².